The number of piperazine rings is 1. The van der Waals surface area contributed by atoms with E-state index < -0.39 is 10.0 Å². The number of sulfonamides is 1. The van der Waals surface area contributed by atoms with Gasteiger partial charge in [0.1, 0.15) is 0 Å². The van der Waals surface area contributed by atoms with Crippen molar-refractivity contribution in [3.63, 3.8) is 0 Å². The van der Waals surface area contributed by atoms with Crippen molar-refractivity contribution in [1.82, 2.24) is 9.21 Å². The second-order valence-corrected chi connectivity index (χ2v) is 9.31. The van der Waals surface area contributed by atoms with Gasteiger partial charge in [-0.1, -0.05) is 30.3 Å². The Balaban J connectivity index is 0.00000208. The Morgan fingerprint density at radius 1 is 1.04 bits per heavy atom. The monoisotopic (exact) mass is 386 g/mol. The Labute approximate surface area is 154 Å². The highest BCUT2D eigenvalue weighted by Crippen LogP contribution is 2.28. The zero-order chi connectivity index (χ0) is 16.4. The molecule has 1 aliphatic heterocycles. The van der Waals surface area contributed by atoms with Gasteiger partial charge in [0, 0.05) is 42.5 Å². The van der Waals surface area contributed by atoms with Crippen LogP contribution < -0.4 is 0 Å². The van der Waals surface area contributed by atoms with Crippen LogP contribution in [-0.4, -0.2) is 43.8 Å². The predicted molar refractivity (Wildman–Crippen MR) is 102 cm³/mol. The van der Waals surface area contributed by atoms with Gasteiger partial charge in [-0.2, -0.15) is 4.31 Å². The molecule has 0 saturated carbocycles. The van der Waals surface area contributed by atoms with E-state index in [9.17, 15) is 8.42 Å². The minimum atomic E-state index is -3.35. The molecule has 1 fully saturated rings. The van der Waals surface area contributed by atoms with E-state index in [0.29, 0.717) is 18.0 Å². The normalized spacial score (nSPS) is 16.8. The lowest BCUT2D eigenvalue weighted by Gasteiger charge is -2.34. The molecule has 1 aromatic heterocycles. The fraction of sp³-hybridized carbons (Fsp3) is 0.412. The third-order valence-electron chi connectivity index (χ3n) is 4.19. The van der Waals surface area contributed by atoms with Crippen molar-refractivity contribution < 1.29 is 8.42 Å². The Morgan fingerprint density at radius 2 is 1.67 bits per heavy atom. The van der Waals surface area contributed by atoms with E-state index in [2.05, 4.69) is 17.0 Å². The van der Waals surface area contributed by atoms with Gasteiger partial charge in [-0.15, -0.1) is 23.7 Å². The Kier molecular flexibility index (Phi) is 6.45. The SMILES string of the molecule is Cc1cc(S(=O)(=O)N2CCN(Cc3ccccc3)CC2)c(C)s1.Cl. The van der Waals surface area contributed by atoms with Crippen LogP contribution in [-0.2, 0) is 16.6 Å². The molecule has 2 aromatic rings. The molecule has 0 aliphatic carbocycles. The summed E-state index contributed by atoms with van der Waals surface area (Å²) in [4.78, 5) is 4.72. The van der Waals surface area contributed by atoms with Crippen LogP contribution in [0.2, 0.25) is 0 Å². The first kappa shape index (κ1) is 19.4. The summed E-state index contributed by atoms with van der Waals surface area (Å²) in [7, 11) is -3.35. The zero-order valence-corrected chi connectivity index (χ0v) is 16.4. The molecule has 0 bridgehead atoms. The molecule has 24 heavy (non-hydrogen) atoms. The highest BCUT2D eigenvalue weighted by molar-refractivity contribution is 7.89. The number of hydrogen-bond acceptors (Lipinski definition) is 4. The molecule has 0 unspecified atom stereocenters. The summed E-state index contributed by atoms with van der Waals surface area (Å²) in [5.74, 6) is 0. The largest absolute Gasteiger partial charge is 0.296 e. The molecule has 7 heteroatoms. The molecule has 1 saturated heterocycles. The van der Waals surface area contributed by atoms with Gasteiger partial charge < -0.3 is 0 Å². The fourth-order valence-electron chi connectivity index (χ4n) is 2.97. The first-order valence-electron chi connectivity index (χ1n) is 7.80. The third kappa shape index (κ3) is 4.18. The Hall–Kier alpha value is -0.920. The molecular weight excluding hydrogens is 364 g/mol. The summed E-state index contributed by atoms with van der Waals surface area (Å²) in [6, 6.07) is 12.1. The molecule has 132 valence electrons. The van der Waals surface area contributed by atoms with Crippen LogP contribution >= 0.6 is 23.7 Å². The van der Waals surface area contributed by atoms with E-state index in [0.717, 1.165) is 29.4 Å². The topological polar surface area (TPSA) is 40.6 Å². The lowest BCUT2D eigenvalue weighted by Crippen LogP contribution is -2.48. The van der Waals surface area contributed by atoms with Crippen LogP contribution in [0.15, 0.2) is 41.3 Å². The van der Waals surface area contributed by atoms with Crippen LogP contribution in [0.3, 0.4) is 0 Å². The number of nitrogens with zero attached hydrogens (tertiary/aromatic N) is 2. The van der Waals surface area contributed by atoms with Gasteiger partial charge in [0.2, 0.25) is 10.0 Å². The molecule has 2 heterocycles. The zero-order valence-electron chi connectivity index (χ0n) is 13.9. The van der Waals surface area contributed by atoms with Crippen LogP contribution in [0.1, 0.15) is 15.3 Å². The lowest BCUT2D eigenvalue weighted by atomic mass is 10.2. The van der Waals surface area contributed by atoms with E-state index in [4.69, 9.17) is 0 Å². The van der Waals surface area contributed by atoms with Gasteiger partial charge in [0.05, 0.1) is 4.90 Å². The smallest absolute Gasteiger partial charge is 0.244 e. The van der Waals surface area contributed by atoms with Gasteiger partial charge in [0.25, 0.3) is 0 Å². The van der Waals surface area contributed by atoms with Crippen LogP contribution in [0, 0.1) is 13.8 Å². The fourth-order valence-corrected chi connectivity index (χ4v) is 5.92. The van der Waals surface area contributed by atoms with Crippen molar-refractivity contribution in [2.75, 3.05) is 26.2 Å². The molecule has 0 radical (unpaired) electrons. The third-order valence-corrected chi connectivity index (χ3v) is 7.31. The standard InChI is InChI=1S/C17H22N2O2S2.ClH/c1-14-12-17(15(2)22-14)23(20,21)19-10-8-18(9-11-19)13-16-6-4-3-5-7-16;/h3-7,12H,8-11,13H2,1-2H3;1H. The second-order valence-electron chi connectivity index (χ2n) is 5.94. The van der Waals surface area contributed by atoms with Gasteiger partial charge in [-0.3, -0.25) is 4.90 Å². The summed E-state index contributed by atoms with van der Waals surface area (Å²) in [6.07, 6.45) is 0. The number of rotatable bonds is 4. The van der Waals surface area contributed by atoms with Gasteiger partial charge in [-0.05, 0) is 25.5 Å². The van der Waals surface area contributed by atoms with Crippen LogP contribution in [0.4, 0.5) is 0 Å². The molecule has 1 aromatic carbocycles. The summed E-state index contributed by atoms with van der Waals surface area (Å²) in [5.41, 5.74) is 1.27. The molecule has 0 N–H and O–H groups in total. The predicted octanol–water partition coefficient (Wildman–Crippen LogP) is 3.29. The quantitative estimate of drug-likeness (QED) is 0.809. The number of benzene rings is 1. The van der Waals surface area contributed by atoms with Crippen molar-refractivity contribution in [1.29, 1.82) is 0 Å². The maximum Gasteiger partial charge on any atom is 0.244 e. The minimum absolute atomic E-state index is 0. The number of halogens is 1. The summed E-state index contributed by atoms with van der Waals surface area (Å²) in [6.45, 7) is 7.38. The highest BCUT2D eigenvalue weighted by atomic mass is 35.5. The molecule has 0 spiro atoms. The van der Waals surface area contributed by atoms with Crippen molar-refractivity contribution in [2.24, 2.45) is 0 Å². The van der Waals surface area contributed by atoms with Crippen molar-refractivity contribution in [2.45, 2.75) is 25.3 Å². The molecule has 0 amide bonds. The molecular formula is C17H23ClN2O2S2. The molecule has 0 atom stereocenters. The van der Waals surface area contributed by atoms with E-state index in [-0.39, 0.29) is 12.4 Å². The Bertz CT molecular complexity index is 767. The van der Waals surface area contributed by atoms with Crippen molar-refractivity contribution >= 4 is 33.8 Å². The average molecular weight is 387 g/mol. The Morgan fingerprint density at radius 3 is 2.21 bits per heavy atom. The number of thiophene rings is 1. The van der Waals surface area contributed by atoms with E-state index in [1.165, 1.54) is 5.56 Å². The maximum atomic E-state index is 12.8. The molecule has 4 nitrogen and oxygen atoms in total. The summed E-state index contributed by atoms with van der Waals surface area (Å²) < 4.78 is 27.2. The average Bonchev–Trinajstić information content (AvgIpc) is 2.88. The van der Waals surface area contributed by atoms with Gasteiger partial charge in [0.15, 0.2) is 0 Å². The van der Waals surface area contributed by atoms with Gasteiger partial charge in [-0.25, -0.2) is 8.42 Å². The minimum Gasteiger partial charge on any atom is -0.296 e. The summed E-state index contributed by atoms with van der Waals surface area (Å²) >= 11 is 1.55. The second kappa shape index (κ2) is 7.97. The van der Waals surface area contributed by atoms with Crippen LogP contribution in [0.5, 0.6) is 0 Å². The molecule has 1 aliphatic rings. The first-order valence-corrected chi connectivity index (χ1v) is 10.1. The lowest BCUT2D eigenvalue weighted by molar-refractivity contribution is 0.181. The van der Waals surface area contributed by atoms with E-state index in [1.807, 2.05) is 32.0 Å². The van der Waals surface area contributed by atoms with Gasteiger partial charge >= 0.3 is 0 Å². The first-order chi connectivity index (χ1) is 11.0. The highest BCUT2D eigenvalue weighted by Gasteiger charge is 2.30. The van der Waals surface area contributed by atoms with E-state index in [1.54, 1.807) is 21.7 Å². The van der Waals surface area contributed by atoms with E-state index >= 15 is 0 Å². The van der Waals surface area contributed by atoms with Crippen molar-refractivity contribution in [3.05, 3.63) is 51.7 Å². The number of aryl methyl sites for hydroxylation is 2. The van der Waals surface area contributed by atoms with Crippen molar-refractivity contribution in [3.8, 4) is 0 Å². The summed E-state index contributed by atoms with van der Waals surface area (Å²) in [5, 5.41) is 0. The molecule has 3 rings (SSSR count). The maximum absolute atomic E-state index is 12.8. The number of hydrogen-bond donors (Lipinski definition) is 0. The van der Waals surface area contributed by atoms with Crippen LogP contribution in [0.25, 0.3) is 0 Å².